The van der Waals surface area contributed by atoms with Crippen molar-refractivity contribution < 1.29 is 0 Å². The zero-order valence-corrected chi connectivity index (χ0v) is 9.09. The molecule has 0 N–H and O–H groups in total. The summed E-state index contributed by atoms with van der Waals surface area (Å²) in [6.07, 6.45) is 8.04. The van der Waals surface area contributed by atoms with Crippen LogP contribution in [-0.2, 0) is 0 Å². The third-order valence-electron chi connectivity index (χ3n) is 1.34. The van der Waals surface area contributed by atoms with Crippen molar-refractivity contribution in [2.45, 2.75) is 34.6 Å². The number of rotatable bonds is 3. The molecular formula is C12H22. The first-order valence-electron chi connectivity index (χ1n) is 4.67. The van der Waals surface area contributed by atoms with E-state index in [4.69, 9.17) is 0 Å². The summed E-state index contributed by atoms with van der Waals surface area (Å²) >= 11 is 0. The highest BCUT2D eigenvalue weighted by molar-refractivity contribution is 5.24. The molecule has 0 unspecified atom stereocenters. The summed E-state index contributed by atoms with van der Waals surface area (Å²) in [7, 11) is 0. The first-order chi connectivity index (χ1) is 5.72. The van der Waals surface area contributed by atoms with Crippen molar-refractivity contribution in [1.82, 2.24) is 0 Å². The second-order valence-electron chi connectivity index (χ2n) is 2.56. The fraction of sp³-hybridized carbons (Fsp3) is 0.500. The normalized spacial score (nSPS) is 11.3. The van der Waals surface area contributed by atoms with Crippen molar-refractivity contribution >= 4 is 0 Å². The lowest BCUT2D eigenvalue weighted by molar-refractivity contribution is 0.791. The molecule has 0 heteroatoms. The van der Waals surface area contributed by atoms with Crippen LogP contribution in [0.3, 0.4) is 0 Å². The van der Waals surface area contributed by atoms with Crippen LogP contribution in [0.15, 0.2) is 36.5 Å². The molecular weight excluding hydrogens is 144 g/mol. The van der Waals surface area contributed by atoms with Gasteiger partial charge in [0.25, 0.3) is 0 Å². The van der Waals surface area contributed by atoms with Crippen LogP contribution in [0.4, 0.5) is 0 Å². The molecule has 0 saturated heterocycles. The second-order valence-corrected chi connectivity index (χ2v) is 2.56. The van der Waals surface area contributed by atoms with Crippen molar-refractivity contribution in [3.63, 3.8) is 0 Å². The van der Waals surface area contributed by atoms with Gasteiger partial charge >= 0.3 is 0 Å². The second kappa shape index (κ2) is 10.2. The van der Waals surface area contributed by atoms with Crippen molar-refractivity contribution in [3.8, 4) is 0 Å². The molecule has 0 aromatic rings. The van der Waals surface area contributed by atoms with Crippen LogP contribution in [0.25, 0.3) is 0 Å². The Labute approximate surface area is 77.7 Å². The summed E-state index contributed by atoms with van der Waals surface area (Å²) in [6, 6.07) is 0. The van der Waals surface area contributed by atoms with Gasteiger partial charge in [0.1, 0.15) is 0 Å². The zero-order valence-electron chi connectivity index (χ0n) is 9.09. The Kier molecular flexibility index (Phi) is 11.7. The van der Waals surface area contributed by atoms with Gasteiger partial charge in [-0.1, -0.05) is 58.6 Å². The maximum absolute atomic E-state index is 3.65. The largest absolute Gasteiger partial charge is 0.0991 e. The van der Waals surface area contributed by atoms with Crippen LogP contribution in [0.1, 0.15) is 34.6 Å². The molecule has 70 valence electrons. The monoisotopic (exact) mass is 166 g/mol. The molecule has 0 aliphatic carbocycles. The molecule has 0 atom stereocenters. The summed E-state index contributed by atoms with van der Waals surface area (Å²) in [5.74, 6) is 0.592. The molecule has 0 aromatic carbocycles. The van der Waals surface area contributed by atoms with Crippen LogP contribution in [0.2, 0.25) is 0 Å². The SMILES string of the molecule is C=C/C=C(\C=CC)C(C)C.CC. The lowest BCUT2D eigenvalue weighted by Gasteiger charge is -2.03. The van der Waals surface area contributed by atoms with Crippen molar-refractivity contribution in [1.29, 1.82) is 0 Å². The predicted octanol–water partition coefficient (Wildman–Crippen LogP) is 4.36. The van der Waals surface area contributed by atoms with E-state index in [0.717, 1.165) is 0 Å². The summed E-state index contributed by atoms with van der Waals surface area (Å²) in [6.45, 7) is 14.0. The Hall–Kier alpha value is -0.780. The molecule has 0 fully saturated rings. The van der Waals surface area contributed by atoms with Crippen molar-refractivity contribution in [2.24, 2.45) is 5.92 Å². The lowest BCUT2D eigenvalue weighted by Crippen LogP contribution is -1.88. The third-order valence-corrected chi connectivity index (χ3v) is 1.34. The molecule has 0 spiro atoms. The molecule has 0 aromatic heterocycles. The van der Waals surface area contributed by atoms with Crippen LogP contribution in [0, 0.1) is 5.92 Å². The smallest absolute Gasteiger partial charge is 0.0219 e. The van der Waals surface area contributed by atoms with Gasteiger partial charge in [0.15, 0.2) is 0 Å². The molecule has 12 heavy (non-hydrogen) atoms. The molecule has 0 saturated carbocycles. The molecule has 0 aliphatic rings. The first kappa shape index (κ1) is 13.8. The van der Waals surface area contributed by atoms with Gasteiger partial charge < -0.3 is 0 Å². The number of allylic oxidation sites excluding steroid dienone is 5. The minimum atomic E-state index is 0.592. The fourth-order valence-corrected chi connectivity index (χ4v) is 0.769. The highest BCUT2D eigenvalue weighted by atomic mass is 14.0. The lowest BCUT2D eigenvalue weighted by atomic mass is 10.0. The van der Waals surface area contributed by atoms with Crippen LogP contribution in [0.5, 0.6) is 0 Å². The highest BCUT2D eigenvalue weighted by Gasteiger charge is 1.94. The zero-order chi connectivity index (χ0) is 9.98. The molecule has 0 heterocycles. The predicted molar refractivity (Wildman–Crippen MR) is 59.3 cm³/mol. The molecule has 0 bridgehead atoms. The van der Waals surface area contributed by atoms with E-state index in [1.807, 2.05) is 32.9 Å². The topological polar surface area (TPSA) is 0 Å². The summed E-state index contributed by atoms with van der Waals surface area (Å²) in [5.41, 5.74) is 1.33. The highest BCUT2D eigenvalue weighted by Crippen LogP contribution is 2.10. The maximum Gasteiger partial charge on any atom is -0.0219 e. The average Bonchev–Trinajstić information content (AvgIpc) is 2.08. The van der Waals surface area contributed by atoms with Crippen LogP contribution >= 0.6 is 0 Å². The number of hydrogen-bond donors (Lipinski definition) is 0. The first-order valence-corrected chi connectivity index (χ1v) is 4.67. The van der Waals surface area contributed by atoms with Gasteiger partial charge in [-0.25, -0.2) is 0 Å². The van der Waals surface area contributed by atoms with Gasteiger partial charge in [0, 0.05) is 0 Å². The van der Waals surface area contributed by atoms with Crippen molar-refractivity contribution in [3.05, 3.63) is 36.5 Å². The third kappa shape index (κ3) is 7.33. The minimum absolute atomic E-state index is 0.592. The Morgan fingerprint density at radius 1 is 1.25 bits per heavy atom. The van der Waals surface area contributed by atoms with Gasteiger partial charge in [-0.15, -0.1) is 0 Å². The average molecular weight is 166 g/mol. The fourth-order valence-electron chi connectivity index (χ4n) is 0.769. The van der Waals surface area contributed by atoms with Gasteiger partial charge in [0.05, 0.1) is 0 Å². The Balaban J connectivity index is 0. The standard InChI is InChI=1S/C10H16.C2H6/c1-5-7-10(8-6-2)9(3)4;1-2/h5-9H,1H2,2-4H3;1-2H3/b8-6?,10-7+;. The Morgan fingerprint density at radius 2 is 1.75 bits per heavy atom. The Bertz CT molecular complexity index is 147. The molecule has 0 radical (unpaired) electrons. The quantitative estimate of drug-likeness (QED) is 0.546. The van der Waals surface area contributed by atoms with E-state index in [2.05, 4.69) is 32.6 Å². The van der Waals surface area contributed by atoms with Gasteiger partial charge in [0.2, 0.25) is 0 Å². The van der Waals surface area contributed by atoms with Crippen LogP contribution < -0.4 is 0 Å². The van der Waals surface area contributed by atoms with E-state index >= 15 is 0 Å². The molecule has 0 amide bonds. The summed E-state index contributed by atoms with van der Waals surface area (Å²) < 4.78 is 0. The maximum atomic E-state index is 3.65. The van der Waals surface area contributed by atoms with Crippen LogP contribution in [-0.4, -0.2) is 0 Å². The minimum Gasteiger partial charge on any atom is -0.0991 e. The summed E-state index contributed by atoms with van der Waals surface area (Å²) in [5, 5.41) is 0. The van der Waals surface area contributed by atoms with Gasteiger partial charge in [-0.3, -0.25) is 0 Å². The van der Waals surface area contributed by atoms with Gasteiger partial charge in [-0.2, -0.15) is 0 Å². The molecule has 0 aliphatic heterocycles. The molecule has 0 nitrogen and oxygen atoms in total. The molecule has 0 rings (SSSR count). The van der Waals surface area contributed by atoms with E-state index in [-0.39, 0.29) is 0 Å². The van der Waals surface area contributed by atoms with E-state index in [9.17, 15) is 0 Å². The van der Waals surface area contributed by atoms with E-state index in [0.29, 0.717) is 5.92 Å². The summed E-state index contributed by atoms with van der Waals surface area (Å²) in [4.78, 5) is 0. The van der Waals surface area contributed by atoms with Gasteiger partial charge in [-0.05, 0) is 18.4 Å². The number of hydrogen-bond acceptors (Lipinski definition) is 0. The Morgan fingerprint density at radius 3 is 2.00 bits per heavy atom. The van der Waals surface area contributed by atoms with Crippen molar-refractivity contribution in [2.75, 3.05) is 0 Å². The van der Waals surface area contributed by atoms with E-state index in [1.54, 1.807) is 0 Å². The van der Waals surface area contributed by atoms with E-state index in [1.165, 1.54) is 5.57 Å². The van der Waals surface area contributed by atoms with E-state index < -0.39 is 0 Å².